The maximum Gasteiger partial charge on any atom is 0.142 e. The van der Waals surface area contributed by atoms with Gasteiger partial charge in [-0.3, -0.25) is 4.90 Å². The van der Waals surface area contributed by atoms with Crippen LogP contribution in [-0.2, 0) is 0 Å². The highest BCUT2D eigenvalue weighted by Crippen LogP contribution is 2.28. The first-order chi connectivity index (χ1) is 8.70. The van der Waals surface area contributed by atoms with Crippen LogP contribution >= 0.6 is 0 Å². The van der Waals surface area contributed by atoms with Gasteiger partial charge < -0.3 is 15.4 Å². The van der Waals surface area contributed by atoms with Crippen LogP contribution in [0.25, 0.3) is 0 Å². The highest BCUT2D eigenvalue weighted by Gasteiger charge is 2.19. The normalized spacial score (nSPS) is 18.7. The predicted octanol–water partition coefficient (Wildman–Crippen LogP) is 1.16. The topological polar surface area (TPSA) is 41.7 Å². The summed E-state index contributed by atoms with van der Waals surface area (Å²) in [6.07, 6.45) is 0. The molecule has 0 amide bonds. The number of ether oxygens (including phenoxy) is 1. The summed E-state index contributed by atoms with van der Waals surface area (Å²) in [5.74, 6) is 0.957. The second-order valence-corrected chi connectivity index (χ2v) is 4.94. The predicted molar refractivity (Wildman–Crippen MR) is 75.3 cm³/mol. The fourth-order valence-corrected chi connectivity index (χ4v) is 2.47. The van der Waals surface area contributed by atoms with Gasteiger partial charge in [-0.25, -0.2) is 0 Å². The number of piperazine rings is 1. The van der Waals surface area contributed by atoms with Crippen LogP contribution < -0.4 is 15.4 Å². The van der Waals surface area contributed by atoms with E-state index in [9.17, 15) is 0 Å². The van der Waals surface area contributed by atoms with Gasteiger partial charge in [0.1, 0.15) is 5.75 Å². The van der Waals surface area contributed by atoms with E-state index in [0.29, 0.717) is 0 Å². The standard InChI is InChI=1S/C14H23N3O/c1-12(15)11-16-7-9-17(10-8-16)13-5-3-4-6-14(13)18-2/h3-6,12H,7-11,15H2,1-2H3. The van der Waals surface area contributed by atoms with Gasteiger partial charge in [0.2, 0.25) is 0 Å². The highest BCUT2D eigenvalue weighted by atomic mass is 16.5. The van der Waals surface area contributed by atoms with Crippen molar-refractivity contribution in [3.05, 3.63) is 24.3 Å². The Bertz CT molecular complexity index is 373. The van der Waals surface area contributed by atoms with Crippen molar-refractivity contribution in [3.8, 4) is 5.75 Å². The van der Waals surface area contributed by atoms with Crippen LogP contribution in [0.1, 0.15) is 6.92 Å². The van der Waals surface area contributed by atoms with Gasteiger partial charge in [-0.15, -0.1) is 0 Å². The number of para-hydroxylation sites is 2. The summed E-state index contributed by atoms with van der Waals surface area (Å²) in [6.45, 7) is 7.26. The summed E-state index contributed by atoms with van der Waals surface area (Å²) in [6, 6.07) is 8.47. The van der Waals surface area contributed by atoms with E-state index >= 15 is 0 Å². The molecule has 1 saturated heterocycles. The molecule has 1 aromatic rings. The van der Waals surface area contributed by atoms with Crippen LogP contribution in [0.5, 0.6) is 5.75 Å². The zero-order valence-corrected chi connectivity index (χ0v) is 11.3. The molecule has 0 bridgehead atoms. The van der Waals surface area contributed by atoms with Gasteiger partial charge in [-0.1, -0.05) is 12.1 Å². The van der Waals surface area contributed by atoms with Crippen LogP contribution in [0, 0.1) is 0 Å². The molecule has 18 heavy (non-hydrogen) atoms. The Morgan fingerprint density at radius 1 is 1.22 bits per heavy atom. The Labute approximate surface area is 109 Å². The molecule has 1 fully saturated rings. The van der Waals surface area contributed by atoms with E-state index in [-0.39, 0.29) is 6.04 Å². The summed E-state index contributed by atoms with van der Waals surface area (Å²) >= 11 is 0. The second-order valence-electron chi connectivity index (χ2n) is 4.94. The van der Waals surface area contributed by atoms with Gasteiger partial charge in [0.25, 0.3) is 0 Å². The van der Waals surface area contributed by atoms with Gasteiger partial charge in [0.05, 0.1) is 12.8 Å². The third kappa shape index (κ3) is 3.15. The molecule has 0 spiro atoms. The van der Waals surface area contributed by atoms with E-state index in [1.807, 2.05) is 12.1 Å². The first-order valence-electron chi connectivity index (χ1n) is 6.56. The van der Waals surface area contributed by atoms with Crippen LogP contribution in [0.15, 0.2) is 24.3 Å². The molecule has 2 rings (SSSR count). The Kier molecular flexibility index (Phi) is 4.44. The quantitative estimate of drug-likeness (QED) is 0.869. The van der Waals surface area contributed by atoms with E-state index in [0.717, 1.165) is 38.5 Å². The Morgan fingerprint density at radius 3 is 2.50 bits per heavy atom. The van der Waals surface area contributed by atoms with E-state index in [4.69, 9.17) is 10.5 Å². The van der Waals surface area contributed by atoms with Gasteiger partial charge >= 0.3 is 0 Å². The Hall–Kier alpha value is -1.26. The summed E-state index contributed by atoms with van der Waals surface area (Å²) in [5, 5.41) is 0. The van der Waals surface area contributed by atoms with Crippen molar-refractivity contribution in [2.24, 2.45) is 5.73 Å². The fraction of sp³-hybridized carbons (Fsp3) is 0.571. The number of anilines is 1. The van der Waals surface area contributed by atoms with E-state index in [1.165, 1.54) is 5.69 Å². The minimum atomic E-state index is 0.253. The highest BCUT2D eigenvalue weighted by molar-refractivity contribution is 5.58. The summed E-state index contributed by atoms with van der Waals surface area (Å²) in [5.41, 5.74) is 7.03. The zero-order valence-electron chi connectivity index (χ0n) is 11.3. The Morgan fingerprint density at radius 2 is 1.89 bits per heavy atom. The molecule has 1 aliphatic heterocycles. The molecule has 1 aliphatic rings. The van der Waals surface area contributed by atoms with E-state index < -0.39 is 0 Å². The first-order valence-corrected chi connectivity index (χ1v) is 6.56. The molecule has 0 saturated carbocycles. The molecule has 1 heterocycles. The maximum absolute atomic E-state index is 5.84. The fourth-order valence-electron chi connectivity index (χ4n) is 2.47. The average molecular weight is 249 g/mol. The average Bonchev–Trinajstić information content (AvgIpc) is 2.39. The summed E-state index contributed by atoms with van der Waals surface area (Å²) in [4.78, 5) is 4.81. The number of nitrogens with two attached hydrogens (primary N) is 1. The molecule has 1 unspecified atom stereocenters. The number of methoxy groups -OCH3 is 1. The lowest BCUT2D eigenvalue weighted by molar-refractivity contribution is 0.246. The molecular formula is C14H23N3O. The van der Waals surface area contributed by atoms with Gasteiger partial charge in [0.15, 0.2) is 0 Å². The second kappa shape index (κ2) is 6.07. The molecule has 0 aromatic heterocycles. The van der Waals surface area contributed by atoms with Crippen molar-refractivity contribution < 1.29 is 4.74 Å². The van der Waals surface area contributed by atoms with Crippen LogP contribution in [-0.4, -0.2) is 50.8 Å². The molecule has 1 atom stereocenters. The van der Waals surface area contributed by atoms with Crippen LogP contribution in [0.4, 0.5) is 5.69 Å². The summed E-state index contributed by atoms with van der Waals surface area (Å²) in [7, 11) is 1.73. The van der Waals surface area contributed by atoms with Gasteiger partial charge in [-0.2, -0.15) is 0 Å². The van der Waals surface area contributed by atoms with Crippen LogP contribution in [0.2, 0.25) is 0 Å². The maximum atomic E-state index is 5.84. The molecule has 100 valence electrons. The van der Waals surface area contributed by atoms with E-state index in [2.05, 4.69) is 28.9 Å². The lowest BCUT2D eigenvalue weighted by atomic mass is 10.2. The number of rotatable bonds is 4. The minimum absolute atomic E-state index is 0.253. The molecule has 4 nitrogen and oxygen atoms in total. The summed E-state index contributed by atoms with van der Waals surface area (Å²) < 4.78 is 5.41. The van der Waals surface area contributed by atoms with Gasteiger partial charge in [0, 0.05) is 38.8 Å². The van der Waals surface area contributed by atoms with Crippen molar-refractivity contribution >= 4 is 5.69 Å². The van der Waals surface area contributed by atoms with Crippen molar-refractivity contribution in [1.29, 1.82) is 0 Å². The van der Waals surface area contributed by atoms with E-state index in [1.54, 1.807) is 7.11 Å². The first kappa shape index (κ1) is 13.2. The Balaban J connectivity index is 1.97. The number of hydrogen-bond donors (Lipinski definition) is 1. The molecule has 0 aliphatic carbocycles. The van der Waals surface area contributed by atoms with Gasteiger partial charge in [-0.05, 0) is 19.1 Å². The molecule has 1 aromatic carbocycles. The number of hydrogen-bond acceptors (Lipinski definition) is 4. The molecule has 4 heteroatoms. The lowest BCUT2D eigenvalue weighted by Crippen LogP contribution is -2.49. The third-order valence-corrected chi connectivity index (χ3v) is 3.34. The monoisotopic (exact) mass is 249 g/mol. The van der Waals surface area contributed by atoms with Crippen molar-refractivity contribution in [1.82, 2.24) is 4.90 Å². The largest absolute Gasteiger partial charge is 0.495 e. The van der Waals surface area contributed by atoms with Crippen molar-refractivity contribution in [3.63, 3.8) is 0 Å². The smallest absolute Gasteiger partial charge is 0.142 e. The molecule has 0 radical (unpaired) electrons. The van der Waals surface area contributed by atoms with Crippen LogP contribution in [0.3, 0.4) is 0 Å². The van der Waals surface area contributed by atoms with Crippen molar-refractivity contribution in [2.45, 2.75) is 13.0 Å². The molecular weight excluding hydrogens is 226 g/mol. The minimum Gasteiger partial charge on any atom is -0.495 e. The third-order valence-electron chi connectivity index (χ3n) is 3.34. The zero-order chi connectivity index (χ0) is 13.0. The number of nitrogens with zero attached hydrogens (tertiary/aromatic N) is 2. The SMILES string of the molecule is COc1ccccc1N1CCN(CC(C)N)CC1. The van der Waals surface area contributed by atoms with Crippen molar-refractivity contribution in [2.75, 3.05) is 44.7 Å². The number of benzene rings is 1. The molecule has 2 N–H and O–H groups in total. The lowest BCUT2D eigenvalue weighted by Gasteiger charge is -2.37.